The van der Waals surface area contributed by atoms with E-state index in [1.54, 1.807) is 0 Å². The van der Waals surface area contributed by atoms with E-state index in [-0.39, 0.29) is 59.1 Å². The third-order valence-corrected chi connectivity index (χ3v) is 0. The maximum Gasteiger partial charge on any atom is 1.00 e. The average Bonchev–Trinajstić information content (AvgIpc) is 1.19. The van der Waals surface area contributed by atoms with Crippen molar-refractivity contribution in [3.63, 3.8) is 0 Å². The van der Waals surface area contributed by atoms with E-state index in [1.165, 1.54) is 0 Å². The average molecular weight is 291 g/mol. The van der Waals surface area contributed by atoms with Crippen LogP contribution in [0.4, 0.5) is 0 Å². The summed E-state index contributed by atoms with van der Waals surface area (Å²) < 4.78 is 8.52. The number of hydrogen-bond donors (Lipinski definition) is 0. The largest absolute Gasteiger partial charge is 1.00 e. The standard InChI is InChI=1S/Al.4ClH.2Na.O3Si/c;;;;;;;1-4(2)3/h;4*1H;;;/q+3;;;;;2*+1;-2/p-4. The molecule has 3 nitrogen and oxygen atoms in total. The van der Waals surface area contributed by atoms with Gasteiger partial charge >= 0.3 is 68.5 Å². The first-order valence-electron chi connectivity index (χ1n) is 1.49. The summed E-state index contributed by atoms with van der Waals surface area (Å²) in [7, 11) is 13.4. The number of halogens is 4. The summed E-state index contributed by atoms with van der Waals surface area (Å²) in [5.41, 5.74) is 0. The van der Waals surface area contributed by atoms with E-state index in [2.05, 4.69) is 0 Å². The summed E-state index contributed by atoms with van der Waals surface area (Å²) in [6, 6.07) is 0. The maximum atomic E-state index is 8.52. The van der Waals surface area contributed by atoms with Crippen molar-refractivity contribution in [3.05, 3.63) is 0 Å². The maximum absolute atomic E-state index is 8.52. The molecule has 0 atom stereocenters. The zero-order chi connectivity index (χ0) is 8.08. The van der Waals surface area contributed by atoms with Crippen molar-refractivity contribution in [3.8, 4) is 0 Å². The van der Waals surface area contributed by atoms with E-state index in [1.807, 2.05) is 0 Å². The van der Waals surface area contributed by atoms with Crippen molar-refractivity contribution in [2.75, 3.05) is 0 Å². The quantitative estimate of drug-likeness (QED) is 0.417. The molecule has 0 saturated heterocycles. The van der Waals surface area contributed by atoms with E-state index in [9.17, 15) is 0 Å². The molecular formula is AlCl4Na2O3Si-. The van der Waals surface area contributed by atoms with Crippen LogP contribution in [-0.2, 0) is 4.46 Å². The third kappa shape index (κ3) is 155. The van der Waals surface area contributed by atoms with Crippen LogP contribution in [0.15, 0.2) is 0 Å². The second kappa shape index (κ2) is 13.3. The first-order chi connectivity index (χ1) is 3.73. The molecule has 0 rings (SSSR count). The molecule has 0 aliphatic rings. The van der Waals surface area contributed by atoms with Gasteiger partial charge in [0.2, 0.25) is 0 Å². The first kappa shape index (κ1) is 23.8. The van der Waals surface area contributed by atoms with Crippen LogP contribution < -0.4 is 68.7 Å². The molecule has 0 heterocycles. The molecule has 0 N–H and O–H groups in total. The smallest absolute Gasteiger partial charge is 0.672 e. The van der Waals surface area contributed by atoms with E-state index in [0.717, 1.165) is 0 Å². The molecule has 0 aliphatic heterocycles. The van der Waals surface area contributed by atoms with Gasteiger partial charge in [-0.05, 0) is 0 Å². The summed E-state index contributed by atoms with van der Waals surface area (Å²) in [5.74, 6) is 0. The van der Waals surface area contributed by atoms with Gasteiger partial charge in [0.1, 0.15) is 0 Å². The Hall–Kier alpha value is 3.31. The number of rotatable bonds is 0. The molecular weight excluding hydrogens is 291 g/mol. The summed E-state index contributed by atoms with van der Waals surface area (Å²) in [6.07, 6.45) is 0. The Labute approximate surface area is 129 Å². The van der Waals surface area contributed by atoms with Crippen LogP contribution >= 0.6 is 40.2 Å². The predicted molar refractivity (Wildman–Crippen MR) is 35.6 cm³/mol. The van der Waals surface area contributed by atoms with Gasteiger partial charge in [-0.3, -0.25) is 0 Å². The van der Waals surface area contributed by atoms with Crippen molar-refractivity contribution in [1.82, 2.24) is 0 Å². The fraction of sp³-hybridized carbons (Fsp3) is 0. The molecule has 56 valence electrons. The molecule has 0 aliphatic carbocycles. The third-order valence-electron chi connectivity index (χ3n) is 0. The molecule has 11 heteroatoms. The van der Waals surface area contributed by atoms with Crippen molar-refractivity contribution in [2.24, 2.45) is 0 Å². The first-order valence-corrected chi connectivity index (χ1v) is 9.69. The van der Waals surface area contributed by atoms with Gasteiger partial charge in [-0.15, -0.1) is 0 Å². The Morgan fingerprint density at radius 2 is 1.00 bits per heavy atom. The summed E-state index contributed by atoms with van der Waals surface area (Å²) >= 11 is 0. The van der Waals surface area contributed by atoms with Crippen LogP contribution in [0.25, 0.3) is 0 Å². The fourth-order valence-electron chi connectivity index (χ4n) is 0. The normalized spacial score (nSPS) is 7.64. The molecule has 0 saturated carbocycles. The molecule has 11 heavy (non-hydrogen) atoms. The molecule has 0 radical (unpaired) electrons. The van der Waals surface area contributed by atoms with Crippen LogP contribution in [0.2, 0.25) is 0 Å². The molecule has 0 spiro atoms. The molecule has 0 bridgehead atoms. The van der Waals surface area contributed by atoms with Gasteiger partial charge in [-0.25, -0.2) is 0 Å². The molecule has 0 aromatic carbocycles. The second-order valence-electron chi connectivity index (χ2n) is 0.745. The summed E-state index contributed by atoms with van der Waals surface area (Å²) in [6.45, 7) is 0. The van der Waals surface area contributed by atoms with Crippen molar-refractivity contribution >= 4 is 58.8 Å². The minimum atomic E-state index is -3.63. The minimum absolute atomic E-state index is 0. The SMILES string of the molecule is O=[Si]([O-])[O-].[Cl][Al-]([Cl])([Cl])[Cl].[Na+].[Na+]. The Bertz CT molecular complexity index is 85.8. The topological polar surface area (TPSA) is 63.2 Å². The minimum Gasteiger partial charge on any atom is -0.672 e. The molecule has 0 amide bonds. The Morgan fingerprint density at radius 1 is 1.00 bits per heavy atom. The van der Waals surface area contributed by atoms with Crippen molar-refractivity contribution in [1.29, 1.82) is 0 Å². The molecule has 0 aromatic rings. The molecule has 0 fully saturated rings. The van der Waals surface area contributed by atoms with E-state index in [4.69, 9.17) is 54.2 Å². The van der Waals surface area contributed by atoms with Gasteiger partial charge in [0.25, 0.3) is 0 Å². The Morgan fingerprint density at radius 3 is 1.00 bits per heavy atom. The Kier molecular flexibility index (Phi) is 28.9. The molecule has 0 unspecified atom stereocenters. The van der Waals surface area contributed by atoms with Gasteiger partial charge in [0.05, 0.1) is 0 Å². The van der Waals surface area contributed by atoms with Gasteiger partial charge < -0.3 is 54.2 Å². The van der Waals surface area contributed by atoms with Crippen molar-refractivity contribution < 1.29 is 73.2 Å². The van der Waals surface area contributed by atoms with Gasteiger partial charge in [0, 0.05) is 9.17 Å². The second-order valence-corrected chi connectivity index (χ2v) is 14.1. The van der Waals surface area contributed by atoms with Crippen LogP contribution in [0, 0.1) is 0 Å². The summed E-state index contributed by atoms with van der Waals surface area (Å²) in [4.78, 5) is 17.0. The Balaban J connectivity index is -0.0000000383. The summed E-state index contributed by atoms with van der Waals surface area (Å²) in [5, 5.41) is 0. The van der Waals surface area contributed by atoms with E-state index in [0.29, 0.717) is 0 Å². The van der Waals surface area contributed by atoms with Crippen molar-refractivity contribution in [2.45, 2.75) is 0 Å². The molecule has 0 aromatic heterocycles. The zero-order valence-corrected chi connectivity index (χ0v) is 15.0. The van der Waals surface area contributed by atoms with Crippen LogP contribution in [0.5, 0.6) is 0 Å². The zero-order valence-electron chi connectivity index (χ0n) is 5.81. The van der Waals surface area contributed by atoms with Gasteiger partial charge in [-0.1, -0.05) is 0 Å². The van der Waals surface area contributed by atoms with Crippen LogP contribution in [0.3, 0.4) is 0 Å². The fourth-order valence-corrected chi connectivity index (χ4v) is 0. The number of hydrogen-bond acceptors (Lipinski definition) is 3. The van der Waals surface area contributed by atoms with Gasteiger partial charge in [0.15, 0.2) is 0 Å². The van der Waals surface area contributed by atoms with Gasteiger partial charge in [-0.2, -0.15) is 0 Å². The monoisotopic (exact) mass is 289 g/mol. The predicted octanol–water partition coefficient (Wildman–Crippen LogP) is -6.49. The van der Waals surface area contributed by atoms with Crippen LogP contribution in [-0.4, -0.2) is 18.6 Å². The van der Waals surface area contributed by atoms with Crippen LogP contribution in [0.1, 0.15) is 0 Å². The van der Waals surface area contributed by atoms with E-state index < -0.39 is 18.6 Å². The van der Waals surface area contributed by atoms with E-state index >= 15 is 0 Å².